The molecule has 0 saturated carbocycles. The van der Waals surface area contributed by atoms with E-state index in [2.05, 4.69) is 0 Å². The molecule has 0 aliphatic rings. The zero-order chi connectivity index (χ0) is 10.7. The van der Waals surface area contributed by atoms with Crippen LogP contribution in [0, 0.1) is 0 Å². The summed E-state index contributed by atoms with van der Waals surface area (Å²) in [5.74, 6) is 0. The fourth-order valence-electron chi connectivity index (χ4n) is 0. The summed E-state index contributed by atoms with van der Waals surface area (Å²) in [6, 6.07) is 0. The van der Waals surface area contributed by atoms with Crippen molar-refractivity contribution >= 4 is 62.4 Å². The molecule has 17 heavy (non-hydrogen) atoms. The second kappa shape index (κ2) is 42.9. The summed E-state index contributed by atoms with van der Waals surface area (Å²) >= 11 is 0. The maximum absolute atomic E-state index is 8.42. The molecular formula is B3Be4KO9. The molecule has 0 amide bonds. The molecule has 9 nitrogen and oxygen atoms in total. The Labute approximate surface area is 157 Å². The molecule has 0 saturated heterocycles. The Morgan fingerprint density at radius 3 is 0.353 bits per heavy atom. The van der Waals surface area contributed by atoms with Crippen molar-refractivity contribution in [3.05, 3.63) is 0 Å². The maximum Gasteiger partial charge on any atom is 2.00 e. The third-order valence-corrected chi connectivity index (χ3v) is 0. The second-order valence-electron chi connectivity index (χ2n) is 0.866. The Kier molecular flexibility index (Phi) is 128. The third kappa shape index (κ3) is 1030. The average molecular weight is 252 g/mol. The van der Waals surface area contributed by atoms with Crippen LogP contribution in [0.5, 0.6) is 0 Å². The van der Waals surface area contributed by atoms with Gasteiger partial charge in [-0.3, -0.25) is 22.0 Å². The van der Waals surface area contributed by atoms with Gasteiger partial charge >= 0.3 is 91.9 Å². The van der Waals surface area contributed by atoms with Crippen LogP contribution in [-0.4, -0.2) is 62.4 Å². The number of hydrogen-bond acceptors (Lipinski definition) is 9. The van der Waals surface area contributed by atoms with Crippen LogP contribution in [0.15, 0.2) is 0 Å². The van der Waals surface area contributed by atoms with E-state index in [4.69, 9.17) is 45.2 Å². The van der Waals surface area contributed by atoms with Crippen molar-refractivity contribution in [3.8, 4) is 0 Å². The van der Waals surface area contributed by atoms with Gasteiger partial charge in [-0.1, -0.05) is 0 Å². The molecule has 0 aromatic carbocycles. The van der Waals surface area contributed by atoms with E-state index < -0.39 is 22.0 Å². The topological polar surface area (TPSA) is 208 Å². The summed E-state index contributed by atoms with van der Waals surface area (Å²) in [6.07, 6.45) is 0. The fourth-order valence-corrected chi connectivity index (χ4v) is 0. The minimum atomic E-state index is -2.92. The first-order valence-corrected chi connectivity index (χ1v) is 2.12. The van der Waals surface area contributed by atoms with Crippen molar-refractivity contribution < 1.29 is 96.6 Å². The molecule has 0 N–H and O–H groups in total. The van der Waals surface area contributed by atoms with Crippen LogP contribution in [0.1, 0.15) is 0 Å². The minimum Gasteiger partial charge on any atom is -0.907 e. The van der Waals surface area contributed by atoms with Crippen molar-refractivity contribution in [2.45, 2.75) is 0 Å². The van der Waals surface area contributed by atoms with E-state index in [0.717, 1.165) is 0 Å². The molecule has 0 heterocycles. The standard InChI is InChI=1S/3BO3.4Be.K/c3*2-1(3)4;;;;;/q3*-3;4*+2;+1. The monoisotopic (exact) mass is 252 g/mol. The Bertz CT molecular complexity index is 56.7. The molecule has 0 unspecified atom stereocenters. The molecule has 0 bridgehead atoms. The van der Waals surface area contributed by atoms with E-state index in [1.165, 1.54) is 0 Å². The predicted octanol–water partition coefficient (Wildman–Crippen LogP) is -16.4. The van der Waals surface area contributed by atoms with Gasteiger partial charge in [-0.05, 0) is 0 Å². The predicted molar refractivity (Wildman–Crippen MR) is 40.3 cm³/mol. The normalized spacial score (nSPS) is 4.76. The molecule has 0 aliphatic carbocycles. The molecule has 0 spiro atoms. The maximum atomic E-state index is 8.42. The van der Waals surface area contributed by atoms with E-state index in [0.29, 0.717) is 0 Å². The Balaban J connectivity index is -0.0000000104. The molecule has 17 heteroatoms. The van der Waals surface area contributed by atoms with Crippen molar-refractivity contribution in [2.24, 2.45) is 0 Å². The minimum absolute atomic E-state index is 0. The van der Waals surface area contributed by atoms with Crippen LogP contribution < -0.4 is 96.6 Å². The van der Waals surface area contributed by atoms with E-state index in [1.54, 1.807) is 0 Å². The summed E-state index contributed by atoms with van der Waals surface area (Å²) in [7, 11) is -8.75. The number of hydrogen-bond donors (Lipinski definition) is 0. The van der Waals surface area contributed by atoms with Crippen molar-refractivity contribution in [1.29, 1.82) is 0 Å². The van der Waals surface area contributed by atoms with Gasteiger partial charge in [-0.25, -0.2) is 0 Å². The van der Waals surface area contributed by atoms with Gasteiger partial charge < -0.3 is 45.2 Å². The second-order valence-corrected chi connectivity index (χ2v) is 0.866. The fraction of sp³-hybridized carbons (Fsp3) is 0. The van der Waals surface area contributed by atoms with Gasteiger partial charge in [0.2, 0.25) is 0 Å². The zero-order valence-electron chi connectivity index (χ0n) is 9.23. The summed E-state index contributed by atoms with van der Waals surface area (Å²) < 4.78 is 0. The first-order chi connectivity index (χ1) is 5.20. The first-order valence-electron chi connectivity index (χ1n) is 2.12. The van der Waals surface area contributed by atoms with E-state index >= 15 is 0 Å². The van der Waals surface area contributed by atoms with Crippen LogP contribution in [0.2, 0.25) is 0 Å². The third-order valence-electron chi connectivity index (χ3n) is 0. The average Bonchev–Trinajstić information content (AvgIpc) is 1.54. The van der Waals surface area contributed by atoms with E-state index in [1.807, 2.05) is 0 Å². The summed E-state index contributed by atoms with van der Waals surface area (Å²) in [6.45, 7) is 0. The Hall–Kier alpha value is 2.15. The van der Waals surface area contributed by atoms with Crippen molar-refractivity contribution in [1.82, 2.24) is 0 Å². The van der Waals surface area contributed by atoms with Gasteiger partial charge in [0.15, 0.2) is 0 Å². The Morgan fingerprint density at radius 2 is 0.353 bits per heavy atom. The van der Waals surface area contributed by atoms with Gasteiger partial charge in [0.25, 0.3) is 0 Å². The zero-order valence-corrected chi connectivity index (χ0v) is 12.4. The molecular weight excluding hydrogens is 252 g/mol. The molecule has 0 aromatic heterocycles. The van der Waals surface area contributed by atoms with E-state index in [-0.39, 0.29) is 91.9 Å². The van der Waals surface area contributed by atoms with Gasteiger partial charge in [-0.2, -0.15) is 0 Å². The van der Waals surface area contributed by atoms with Crippen LogP contribution >= 0.6 is 0 Å². The van der Waals surface area contributed by atoms with Crippen LogP contribution in [0.25, 0.3) is 0 Å². The van der Waals surface area contributed by atoms with Gasteiger partial charge in [-0.15, -0.1) is 0 Å². The van der Waals surface area contributed by atoms with E-state index in [9.17, 15) is 0 Å². The first kappa shape index (κ1) is 50.7. The quantitative estimate of drug-likeness (QED) is 0.373. The smallest absolute Gasteiger partial charge is 0.907 e. The largest absolute Gasteiger partial charge is 2.00 e. The summed E-state index contributed by atoms with van der Waals surface area (Å²) in [4.78, 5) is 0. The van der Waals surface area contributed by atoms with Crippen molar-refractivity contribution in [2.75, 3.05) is 0 Å². The van der Waals surface area contributed by atoms with Gasteiger partial charge in [0.1, 0.15) is 0 Å². The molecule has 0 fully saturated rings. The molecule has 72 valence electrons. The molecule has 0 aliphatic heterocycles. The SMILES string of the molecule is [Be+2].[Be+2].[Be+2].[Be+2].[K+].[O-]B([O-])[O-].[O-]B([O-])[O-].[O-]B([O-])[O-]. The Morgan fingerprint density at radius 1 is 0.353 bits per heavy atom. The van der Waals surface area contributed by atoms with Crippen LogP contribution in [0.3, 0.4) is 0 Å². The summed E-state index contributed by atoms with van der Waals surface area (Å²) in [5, 5.41) is 75.8. The number of rotatable bonds is 0. The van der Waals surface area contributed by atoms with Gasteiger partial charge in [0.05, 0.1) is 0 Å². The molecule has 0 aromatic rings. The molecule has 0 rings (SSSR count). The molecule has 0 radical (unpaired) electrons. The van der Waals surface area contributed by atoms with Crippen LogP contribution in [0.4, 0.5) is 0 Å². The van der Waals surface area contributed by atoms with Crippen molar-refractivity contribution in [3.63, 3.8) is 0 Å². The molecule has 0 atom stereocenters. The van der Waals surface area contributed by atoms with Crippen LogP contribution in [-0.2, 0) is 0 Å². The summed E-state index contributed by atoms with van der Waals surface area (Å²) in [5.41, 5.74) is 0. The van der Waals surface area contributed by atoms with Gasteiger partial charge in [0, 0.05) is 0 Å².